The fourth-order valence-corrected chi connectivity index (χ4v) is 3.21. The van der Waals surface area contributed by atoms with Gasteiger partial charge >= 0.3 is 6.18 Å². The second-order valence-electron chi connectivity index (χ2n) is 7.08. The molecule has 0 bridgehead atoms. The van der Waals surface area contributed by atoms with Crippen molar-refractivity contribution in [1.29, 1.82) is 0 Å². The minimum absolute atomic E-state index is 0.173. The van der Waals surface area contributed by atoms with Gasteiger partial charge in [-0.15, -0.1) is 0 Å². The lowest BCUT2D eigenvalue weighted by Crippen LogP contribution is -2.14. The lowest BCUT2D eigenvalue weighted by Gasteiger charge is -2.12. The van der Waals surface area contributed by atoms with E-state index in [9.17, 15) is 22.8 Å². The summed E-state index contributed by atoms with van der Waals surface area (Å²) >= 11 is 0. The molecule has 3 aromatic carbocycles. The molecule has 0 spiro atoms. The highest BCUT2D eigenvalue weighted by Crippen LogP contribution is 2.32. The quantitative estimate of drug-likeness (QED) is 0.366. The zero-order valence-corrected chi connectivity index (χ0v) is 17.0. The molecule has 0 aliphatic rings. The van der Waals surface area contributed by atoms with Crippen LogP contribution in [0.3, 0.4) is 0 Å². The summed E-state index contributed by atoms with van der Waals surface area (Å²) in [5.41, 5.74) is 1.55. The Hall–Kier alpha value is -4.33. The molecule has 0 saturated heterocycles. The largest absolute Gasteiger partial charge is 0.459 e. The molecule has 166 valence electrons. The maximum Gasteiger partial charge on any atom is 0.416 e. The van der Waals surface area contributed by atoms with E-state index in [-0.39, 0.29) is 5.76 Å². The number of hydrogen-bond donors (Lipinski definition) is 2. The molecule has 2 amide bonds. The summed E-state index contributed by atoms with van der Waals surface area (Å²) in [4.78, 5) is 24.9. The molecule has 4 rings (SSSR count). The van der Waals surface area contributed by atoms with Crippen LogP contribution in [0.25, 0.3) is 11.1 Å². The summed E-state index contributed by atoms with van der Waals surface area (Å²) in [6.07, 6.45) is -3.03. The van der Waals surface area contributed by atoms with Gasteiger partial charge < -0.3 is 15.1 Å². The lowest BCUT2D eigenvalue weighted by atomic mass is 9.98. The van der Waals surface area contributed by atoms with Gasteiger partial charge in [0, 0.05) is 16.9 Å². The molecule has 8 heteroatoms. The van der Waals surface area contributed by atoms with E-state index in [2.05, 4.69) is 10.6 Å². The molecule has 0 aliphatic carbocycles. The Morgan fingerprint density at radius 2 is 1.30 bits per heavy atom. The maximum atomic E-state index is 12.9. The smallest absolute Gasteiger partial charge is 0.416 e. The van der Waals surface area contributed by atoms with E-state index in [1.165, 1.54) is 24.5 Å². The number of amides is 2. The first-order valence-electron chi connectivity index (χ1n) is 9.84. The van der Waals surface area contributed by atoms with Gasteiger partial charge in [0.1, 0.15) is 0 Å². The van der Waals surface area contributed by atoms with Crippen LogP contribution in [0.5, 0.6) is 0 Å². The number of rotatable bonds is 5. The number of halogens is 3. The van der Waals surface area contributed by atoms with Gasteiger partial charge in [-0.1, -0.05) is 30.3 Å². The zero-order chi connectivity index (χ0) is 23.4. The Balaban J connectivity index is 1.48. The van der Waals surface area contributed by atoms with E-state index in [0.29, 0.717) is 28.1 Å². The highest BCUT2D eigenvalue weighted by atomic mass is 19.4. The van der Waals surface area contributed by atoms with Crippen molar-refractivity contribution >= 4 is 23.2 Å². The predicted octanol–water partition coefficient (Wildman–Crippen LogP) is 6.47. The molecule has 1 aromatic heterocycles. The average Bonchev–Trinajstić information content (AvgIpc) is 3.35. The molecule has 33 heavy (non-hydrogen) atoms. The average molecular weight is 450 g/mol. The molecular weight excluding hydrogens is 433 g/mol. The molecule has 0 radical (unpaired) electrons. The van der Waals surface area contributed by atoms with E-state index in [0.717, 1.165) is 12.1 Å². The fraction of sp³-hybridized carbons (Fsp3) is 0.0400. The molecule has 0 atom stereocenters. The van der Waals surface area contributed by atoms with E-state index < -0.39 is 23.6 Å². The van der Waals surface area contributed by atoms with Crippen molar-refractivity contribution in [3.05, 3.63) is 108 Å². The normalized spacial score (nSPS) is 11.1. The molecule has 0 unspecified atom stereocenters. The fourth-order valence-electron chi connectivity index (χ4n) is 3.21. The van der Waals surface area contributed by atoms with Gasteiger partial charge in [-0.3, -0.25) is 9.59 Å². The third-order valence-electron chi connectivity index (χ3n) is 4.84. The summed E-state index contributed by atoms with van der Waals surface area (Å²) in [5.74, 6) is -0.646. The number of nitrogens with one attached hydrogen (secondary N) is 2. The number of hydrogen-bond acceptors (Lipinski definition) is 3. The van der Waals surface area contributed by atoms with Crippen molar-refractivity contribution in [3.63, 3.8) is 0 Å². The number of anilines is 2. The summed E-state index contributed by atoms with van der Waals surface area (Å²) in [7, 11) is 0. The van der Waals surface area contributed by atoms with Gasteiger partial charge in [-0.25, -0.2) is 0 Å². The Morgan fingerprint density at radius 3 is 1.88 bits per heavy atom. The van der Waals surface area contributed by atoms with Crippen molar-refractivity contribution in [1.82, 2.24) is 0 Å². The minimum atomic E-state index is -4.43. The second kappa shape index (κ2) is 9.04. The van der Waals surface area contributed by atoms with Crippen LogP contribution in [0.1, 0.15) is 26.5 Å². The molecule has 4 aromatic rings. The highest BCUT2D eigenvalue weighted by molar-refractivity contribution is 6.09. The van der Waals surface area contributed by atoms with Gasteiger partial charge in [-0.2, -0.15) is 13.2 Å². The molecule has 0 saturated carbocycles. The first kappa shape index (κ1) is 21.9. The second-order valence-corrected chi connectivity index (χ2v) is 7.08. The summed E-state index contributed by atoms with van der Waals surface area (Å²) < 4.78 is 43.6. The molecule has 1 heterocycles. The molecule has 5 nitrogen and oxygen atoms in total. The topological polar surface area (TPSA) is 71.3 Å². The minimum Gasteiger partial charge on any atom is -0.459 e. The maximum absolute atomic E-state index is 12.9. The number of alkyl halides is 3. The monoisotopic (exact) mass is 450 g/mol. The number of benzene rings is 3. The van der Waals surface area contributed by atoms with E-state index in [1.807, 2.05) is 0 Å². The van der Waals surface area contributed by atoms with E-state index >= 15 is 0 Å². The molecule has 0 aliphatic heterocycles. The van der Waals surface area contributed by atoms with Gasteiger partial charge in [0.05, 0.1) is 11.8 Å². The molecular formula is C25H17F3N2O3. The predicted molar refractivity (Wildman–Crippen MR) is 118 cm³/mol. The van der Waals surface area contributed by atoms with Crippen molar-refractivity contribution in [2.75, 3.05) is 10.6 Å². The van der Waals surface area contributed by atoms with Crippen molar-refractivity contribution in [3.8, 4) is 11.1 Å². The van der Waals surface area contributed by atoms with E-state index in [1.54, 1.807) is 54.6 Å². The van der Waals surface area contributed by atoms with Crippen molar-refractivity contribution in [2.24, 2.45) is 0 Å². The van der Waals surface area contributed by atoms with Gasteiger partial charge in [0.25, 0.3) is 11.8 Å². The first-order valence-corrected chi connectivity index (χ1v) is 9.84. The van der Waals surface area contributed by atoms with Crippen LogP contribution >= 0.6 is 0 Å². The Bertz CT molecular complexity index is 1260. The van der Waals surface area contributed by atoms with Crippen LogP contribution < -0.4 is 10.6 Å². The third kappa shape index (κ3) is 5.12. The number of furan rings is 1. The Morgan fingerprint density at radius 1 is 0.697 bits per heavy atom. The molecule has 0 fully saturated rings. The van der Waals surface area contributed by atoms with Crippen molar-refractivity contribution in [2.45, 2.75) is 6.18 Å². The van der Waals surface area contributed by atoms with Crippen LogP contribution in [-0.2, 0) is 6.18 Å². The van der Waals surface area contributed by atoms with E-state index in [4.69, 9.17) is 4.42 Å². The summed E-state index contributed by atoms with van der Waals surface area (Å²) in [6.45, 7) is 0. The Labute approximate surface area is 186 Å². The van der Waals surface area contributed by atoms with Crippen LogP contribution in [0.4, 0.5) is 24.5 Å². The molecule has 2 N–H and O–H groups in total. The highest BCUT2D eigenvalue weighted by Gasteiger charge is 2.30. The number of carbonyl (C=O) groups excluding carboxylic acids is 2. The first-order chi connectivity index (χ1) is 15.8. The Kier molecular flexibility index (Phi) is 5.99. The SMILES string of the molecule is O=C(Nc1ccc(NC(=O)c2ccccc2-c2ccc(C(F)(F)F)cc2)cc1)c1ccco1. The van der Waals surface area contributed by atoms with Gasteiger partial charge in [0.15, 0.2) is 5.76 Å². The third-order valence-corrected chi connectivity index (χ3v) is 4.84. The summed E-state index contributed by atoms with van der Waals surface area (Å²) in [5, 5.41) is 5.44. The van der Waals surface area contributed by atoms with Crippen LogP contribution in [-0.4, -0.2) is 11.8 Å². The van der Waals surface area contributed by atoms with Crippen LogP contribution in [0, 0.1) is 0 Å². The summed E-state index contributed by atoms with van der Waals surface area (Å²) in [6, 6.07) is 20.9. The van der Waals surface area contributed by atoms with Crippen LogP contribution in [0.2, 0.25) is 0 Å². The van der Waals surface area contributed by atoms with Gasteiger partial charge in [-0.05, 0) is 65.7 Å². The lowest BCUT2D eigenvalue weighted by molar-refractivity contribution is -0.137. The van der Waals surface area contributed by atoms with Crippen molar-refractivity contribution < 1.29 is 27.2 Å². The standard InChI is InChI=1S/C25H17F3N2O3/c26-25(27,28)17-9-7-16(8-10-17)20-4-1-2-5-21(20)23(31)29-18-11-13-19(14-12-18)30-24(32)22-6-3-15-33-22/h1-15H,(H,29,31)(H,30,32). The van der Waals surface area contributed by atoms with Gasteiger partial charge in [0.2, 0.25) is 0 Å². The zero-order valence-electron chi connectivity index (χ0n) is 17.0. The van der Waals surface area contributed by atoms with Crippen LogP contribution in [0.15, 0.2) is 95.6 Å². The number of carbonyl (C=O) groups is 2.